The summed E-state index contributed by atoms with van der Waals surface area (Å²) in [6.45, 7) is 2.45. The van der Waals surface area contributed by atoms with Crippen molar-refractivity contribution in [2.75, 3.05) is 19.3 Å². The highest BCUT2D eigenvalue weighted by Crippen LogP contribution is 2.28. The molecule has 0 fully saturated rings. The van der Waals surface area contributed by atoms with Gasteiger partial charge in [0.15, 0.2) is 0 Å². The fourth-order valence-electron chi connectivity index (χ4n) is 1.32. The number of thioether (sulfide) groups is 1. The Morgan fingerprint density at radius 1 is 1.43 bits per heavy atom. The highest BCUT2D eigenvalue weighted by Gasteiger charge is 2.12. The fraction of sp³-hybridized carbons (Fsp3) is 0.455. The Kier molecular flexibility index (Phi) is 4.98. The van der Waals surface area contributed by atoms with Gasteiger partial charge in [0.1, 0.15) is 6.17 Å². The summed E-state index contributed by atoms with van der Waals surface area (Å²) in [5.74, 6) is 0.975. The van der Waals surface area contributed by atoms with Gasteiger partial charge in [-0.15, -0.1) is 11.8 Å². The van der Waals surface area contributed by atoms with E-state index < -0.39 is 6.17 Å². The molecule has 1 aromatic carbocycles. The zero-order valence-corrected chi connectivity index (χ0v) is 9.40. The van der Waals surface area contributed by atoms with Gasteiger partial charge in [-0.25, -0.2) is 4.39 Å². The number of halogens is 1. The first-order chi connectivity index (χ1) is 6.79. The van der Waals surface area contributed by atoms with Gasteiger partial charge in [0.25, 0.3) is 0 Å². The number of likely N-dealkylation sites (N-methyl/N-ethyl adjacent to an activating group) is 1. The minimum Gasteiger partial charge on any atom is -0.317 e. The van der Waals surface area contributed by atoms with Crippen LogP contribution in [0.1, 0.15) is 18.7 Å². The largest absolute Gasteiger partial charge is 0.317 e. The minimum absolute atomic E-state index is 0.376. The first-order valence-electron chi connectivity index (χ1n) is 4.80. The molecule has 0 amide bonds. The lowest BCUT2D eigenvalue weighted by atomic mass is 10.1. The lowest BCUT2D eigenvalue weighted by Crippen LogP contribution is -2.14. The van der Waals surface area contributed by atoms with Gasteiger partial charge in [-0.05, 0) is 18.9 Å². The van der Waals surface area contributed by atoms with E-state index in [-0.39, 0.29) is 0 Å². The molecule has 0 spiro atoms. The first kappa shape index (κ1) is 11.5. The predicted octanol–water partition coefficient (Wildman–Crippen LogP) is 3.03. The molecule has 1 unspecified atom stereocenters. The number of alkyl halides is 1. The van der Waals surface area contributed by atoms with Crippen molar-refractivity contribution in [1.29, 1.82) is 0 Å². The van der Waals surface area contributed by atoms with Crippen LogP contribution in [-0.2, 0) is 0 Å². The summed E-state index contributed by atoms with van der Waals surface area (Å²) >= 11 is 1.69. The van der Waals surface area contributed by atoms with E-state index in [0.29, 0.717) is 6.54 Å². The van der Waals surface area contributed by atoms with Crippen LogP contribution in [0.5, 0.6) is 0 Å². The Bertz CT molecular complexity index is 278. The van der Waals surface area contributed by atoms with Gasteiger partial charge in [0.05, 0.1) is 0 Å². The van der Waals surface area contributed by atoms with Crippen molar-refractivity contribution in [2.24, 2.45) is 0 Å². The van der Waals surface area contributed by atoms with Gasteiger partial charge in [-0.1, -0.05) is 25.1 Å². The average Bonchev–Trinajstić information content (AvgIpc) is 2.19. The lowest BCUT2D eigenvalue weighted by Gasteiger charge is -2.12. The monoisotopic (exact) mass is 213 g/mol. The highest BCUT2D eigenvalue weighted by molar-refractivity contribution is 7.99. The molecule has 3 heteroatoms. The van der Waals surface area contributed by atoms with E-state index in [4.69, 9.17) is 0 Å². The Morgan fingerprint density at radius 3 is 2.79 bits per heavy atom. The van der Waals surface area contributed by atoms with Crippen LogP contribution in [0.25, 0.3) is 0 Å². The minimum atomic E-state index is -0.907. The zero-order valence-electron chi connectivity index (χ0n) is 8.59. The molecule has 0 saturated heterocycles. The highest BCUT2D eigenvalue weighted by atomic mass is 32.2. The standard InChI is InChI=1S/C11H16FNS/c1-3-14-11-7-5-4-6-9(11)10(12)8-13-2/h4-7,10,13H,3,8H2,1-2H3. The number of hydrogen-bond donors (Lipinski definition) is 1. The van der Waals surface area contributed by atoms with E-state index in [0.717, 1.165) is 16.2 Å². The van der Waals surface area contributed by atoms with Crippen molar-refractivity contribution in [3.63, 3.8) is 0 Å². The topological polar surface area (TPSA) is 12.0 Å². The van der Waals surface area contributed by atoms with Crippen molar-refractivity contribution in [2.45, 2.75) is 18.0 Å². The normalized spacial score (nSPS) is 12.8. The SMILES string of the molecule is CCSc1ccccc1C(F)CNC. The molecule has 14 heavy (non-hydrogen) atoms. The summed E-state index contributed by atoms with van der Waals surface area (Å²) in [4.78, 5) is 1.05. The number of rotatable bonds is 5. The molecule has 0 aromatic heterocycles. The Morgan fingerprint density at radius 2 is 2.14 bits per heavy atom. The Labute approximate surface area is 89.1 Å². The molecule has 1 rings (SSSR count). The van der Waals surface area contributed by atoms with Crippen molar-refractivity contribution in [3.05, 3.63) is 29.8 Å². The summed E-state index contributed by atoms with van der Waals surface area (Å²) in [6, 6.07) is 7.68. The van der Waals surface area contributed by atoms with Crippen LogP contribution in [-0.4, -0.2) is 19.3 Å². The summed E-state index contributed by atoms with van der Waals surface area (Å²) in [6.07, 6.45) is -0.907. The van der Waals surface area contributed by atoms with Crippen LogP contribution in [0.3, 0.4) is 0 Å². The second-order valence-electron chi connectivity index (χ2n) is 3.00. The summed E-state index contributed by atoms with van der Waals surface area (Å²) in [7, 11) is 1.77. The summed E-state index contributed by atoms with van der Waals surface area (Å²) in [5, 5.41) is 2.85. The average molecular weight is 213 g/mol. The third kappa shape index (κ3) is 3.00. The van der Waals surface area contributed by atoms with Gasteiger partial charge in [-0.3, -0.25) is 0 Å². The fourth-order valence-corrected chi connectivity index (χ4v) is 2.16. The van der Waals surface area contributed by atoms with Crippen LogP contribution in [0.2, 0.25) is 0 Å². The molecular weight excluding hydrogens is 197 g/mol. The van der Waals surface area contributed by atoms with Gasteiger partial charge in [0.2, 0.25) is 0 Å². The molecule has 0 radical (unpaired) electrons. The molecule has 0 saturated carbocycles. The van der Waals surface area contributed by atoms with E-state index >= 15 is 0 Å². The Balaban J connectivity index is 2.82. The van der Waals surface area contributed by atoms with Gasteiger partial charge in [0, 0.05) is 17.0 Å². The predicted molar refractivity (Wildman–Crippen MR) is 60.6 cm³/mol. The second-order valence-corrected chi connectivity index (χ2v) is 4.30. The molecule has 1 aromatic rings. The maximum atomic E-state index is 13.6. The van der Waals surface area contributed by atoms with Gasteiger partial charge < -0.3 is 5.32 Å². The first-order valence-corrected chi connectivity index (χ1v) is 5.78. The molecular formula is C11H16FNS. The van der Waals surface area contributed by atoms with E-state index in [1.807, 2.05) is 24.3 Å². The van der Waals surface area contributed by atoms with E-state index in [1.165, 1.54) is 0 Å². The van der Waals surface area contributed by atoms with Gasteiger partial charge >= 0.3 is 0 Å². The van der Waals surface area contributed by atoms with Crippen molar-refractivity contribution >= 4 is 11.8 Å². The summed E-state index contributed by atoms with van der Waals surface area (Å²) < 4.78 is 13.6. The second kappa shape index (κ2) is 6.04. The third-order valence-electron chi connectivity index (χ3n) is 1.94. The van der Waals surface area contributed by atoms with Crippen LogP contribution in [0, 0.1) is 0 Å². The van der Waals surface area contributed by atoms with Crippen LogP contribution in [0.4, 0.5) is 4.39 Å². The van der Waals surface area contributed by atoms with Crippen LogP contribution < -0.4 is 5.32 Å². The van der Waals surface area contributed by atoms with Gasteiger partial charge in [-0.2, -0.15) is 0 Å². The smallest absolute Gasteiger partial charge is 0.139 e. The van der Waals surface area contributed by atoms with Crippen molar-refractivity contribution in [1.82, 2.24) is 5.32 Å². The molecule has 1 nitrogen and oxygen atoms in total. The molecule has 78 valence electrons. The quantitative estimate of drug-likeness (QED) is 0.755. The molecule has 0 aliphatic carbocycles. The number of nitrogens with one attached hydrogen (secondary N) is 1. The van der Waals surface area contributed by atoms with Crippen molar-refractivity contribution < 1.29 is 4.39 Å². The molecule has 0 bridgehead atoms. The molecule has 0 aliphatic rings. The van der Waals surface area contributed by atoms with E-state index in [1.54, 1.807) is 18.8 Å². The maximum absolute atomic E-state index is 13.6. The molecule has 0 heterocycles. The third-order valence-corrected chi connectivity index (χ3v) is 2.91. The Hall–Kier alpha value is -0.540. The number of benzene rings is 1. The molecule has 1 N–H and O–H groups in total. The van der Waals surface area contributed by atoms with Crippen molar-refractivity contribution in [3.8, 4) is 0 Å². The van der Waals surface area contributed by atoms with E-state index in [2.05, 4.69) is 12.2 Å². The maximum Gasteiger partial charge on any atom is 0.139 e. The lowest BCUT2D eigenvalue weighted by molar-refractivity contribution is 0.331. The van der Waals surface area contributed by atoms with Crippen LogP contribution in [0.15, 0.2) is 29.2 Å². The van der Waals surface area contributed by atoms with Crippen LogP contribution >= 0.6 is 11.8 Å². The summed E-state index contributed by atoms with van der Waals surface area (Å²) in [5.41, 5.74) is 0.800. The molecule has 0 aliphatic heterocycles. The number of hydrogen-bond acceptors (Lipinski definition) is 2. The van der Waals surface area contributed by atoms with E-state index in [9.17, 15) is 4.39 Å². The zero-order chi connectivity index (χ0) is 10.4. The molecule has 1 atom stereocenters.